The minimum atomic E-state index is -3.40. The van der Waals surface area contributed by atoms with Gasteiger partial charge in [-0.05, 0) is 53.9 Å². The van der Waals surface area contributed by atoms with Gasteiger partial charge in [0.15, 0.2) is 15.5 Å². The summed E-state index contributed by atoms with van der Waals surface area (Å²) in [5.74, 6) is 0.546. The highest BCUT2D eigenvalue weighted by Crippen LogP contribution is 2.27. The van der Waals surface area contributed by atoms with Gasteiger partial charge in [-0.15, -0.1) is 5.10 Å². The van der Waals surface area contributed by atoms with Gasteiger partial charge >= 0.3 is 0 Å². The Kier molecular flexibility index (Phi) is 5.61. The van der Waals surface area contributed by atoms with Gasteiger partial charge in [-0.1, -0.05) is 54.9 Å². The maximum atomic E-state index is 12.9. The summed E-state index contributed by atoms with van der Waals surface area (Å²) < 4.78 is 28.5. The molecular weight excluding hydrogens is 476 g/mol. The molecule has 1 N–H and O–H groups in total. The van der Waals surface area contributed by atoms with Crippen LogP contribution in [-0.2, 0) is 9.84 Å². The fraction of sp³-hybridized carbons (Fsp3) is 0.217. The van der Waals surface area contributed by atoms with E-state index in [4.69, 9.17) is 0 Å². The number of benzene rings is 2. The maximum Gasteiger partial charge on any atom is 0.247 e. The Balaban J connectivity index is 1.72. The molecule has 31 heavy (non-hydrogen) atoms. The van der Waals surface area contributed by atoms with E-state index in [0.717, 1.165) is 21.4 Å². The van der Waals surface area contributed by atoms with Crippen LogP contribution in [-0.4, -0.2) is 28.8 Å². The smallest absolute Gasteiger partial charge is 0.247 e. The molecule has 2 aromatic heterocycles. The van der Waals surface area contributed by atoms with Gasteiger partial charge in [0.25, 0.3) is 0 Å². The number of aromatic nitrogens is 3. The van der Waals surface area contributed by atoms with Crippen molar-refractivity contribution in [1.29, 1.82) is 0 Å². The topological polar surface area (TPSA) is 76.4 Å². The van der Waals surface area contributed by atoms with Crippen LogP contribution >= 0.6 is 15.9 Å². The molecule has 0 saturated carbocycles. The van der Waals surface area contributed by atoms with Gasteiger partial charge in [0.1, 0.15) is 0 Å². The van der Waals surface area contributed by atoms with E-state index in [2.05, 4.69) is 31.3 Å². The Labute approximate surface area is 190 Å². The van der Waals surface area contributed by atoms with Crippen LogP contribution in [0.2, 0.25) is 0 Å². The van der Waals surface area contributed by atoms with Crippen molar-refractivity contribution in [3.8, 4) is 11.3 Å². The number of nitrogens with one attached hydrogen (secondary N) is 1. The lowest BCUT2D eigenvalue weighted by atomic mass is 10.0. The number of rotatable bonds is 5. The molecule has 0 saturated heterocycles. The van der Waals surface area contributed by atoms with E-state index in [0.29, 0.717) is 16.5 Å². The van der Waals surface area contributed by atoms with Gasteiger partial charge in [0, 0.05) is 15.7 Å². The lowest BCUT2D eigenvalue weighted by Crippen LogP contribution is -2.20. The Bertz CT molecular complexity index is 1340. The van der Waals surface area contributed by atoms with Crippen molar-refractivity contribution in [2.24, 2.45) is 5.41 Å². The number of hydrogen-bond donors (Lipinski definition) is 1. The molecule has 0 aliphatic carbocycles. The second kappa shape index (κ2) is 8.09. The molecule has 4 rings (SSSR count). The van der Waals surface area contributed by atoms with Gasteiger partial charge < -0.3 is 5.32 Å². The normalized spacial score (nSPS) is 12.3. The predicted molar refractivity (Wildman–Crippen MR) is 127 cm³/mol. The molecule has 6 nitrogen and oxygen atoms in total. The van der Waals surface area contributed by atoms with E-state index in [1.165, 1.54) is 0 Å². The van der Waals surface area contributed by atoms with Gasteiger partial charge in [0.2, 0.25) is 5.95 Å². The molecule has 0 aliphatic rings. The standard InChI is InChI=1S/C23H23BrN4O2S/c1-23(2,3)15-31(29,30)19-7-4-6-16(14-19)20-8-5-9-21-26-22(27-28(20)21)25-18-12-10-17(24)11-13-18/h4-14H,15H2,1-3H3,(H,25,27). The van der Waals surface area contributed by atoms with Crippen LogP contribution in [0.5, 0.6) is 0 Å². The molecule has 2 aromatic carbocycles. The molecule has 8 heteroatoms. The van der Waals surface area contributed by atoms with Crippen molar-refractivity contribution in [2.75, 3.05) is 11.1 Å². The lowest BCUT2D eigenvalue weighted by molar-refractivity contribution is 0.462. The lowest BCUT2D eigenvalue weighted by Gasteiger charge is -2.18. The van der Waals surface area contributed by atoms with Crippen molar-refractivity contribution < 1.29 is 8.42 Å². The van der Waals surface area contributed by atoms with Crippen molar-refractivity contribution in [1.82, 2.24) is 14.6 Å². The largest absolute Gasteiger partial charge is 0.323 e. The fourth-order valence-electron chi connectivity index (χ4n) is 3.34. The first kappa shape index (κ1) is 21.5. The molecule has 0 spiro atoms. The van der Waals surface area contributed by atoms with Gasteiger partial charge in [-0.25, -0.2) is 12.9 Å². The Morgan fingerprint density at radius 2 is 1.71 bits per heavy atom. The number of pyridine rings is 1. The second-order valence-corrected chi connectivity index (χ2v) is 11.5. The van der Waals surface area contributed by atoms with E-state index in [9.17, 15) is 8.42 Å². The van der Waals surface area contributed by atoms with Crippen molar-refractivity contribution in [2.45, 2.75) is 25.7 Å². The van der Waals surface area contributed by atoms with E-state index in [-0.39, 0.29) is 11.2 Å². The number of hydrogen-bond acceptors (Lipinski definition) is 5. The molecule has 0 atom stereocenters. The number of anilines is 2. The highest BCUT2D eigenvalue weighted by molar-refractivity contribution is 9.10. The number of sulfone groups is 1. The first-order valence-corrected chi connectivity index (χ1v) is 12.3. The number of fused-ring (bicyclic) bond motifs is 1. The first-order chi connectivity index (χ1) is 14.6. The third-order valence-electron chi connectivity index (χ3n) is 4.57. The summed E-state index contributed by atoms with van der Waals surface area (Å²) in [5, 5.41) is 7.79. The summed E-state index contributed by atoms with van der Waals surface area (Å²) in [7, 11) is -3.40. The minimum Gasteiger partial charge on any atom is -0.323 e. The fourth-order valence-corrected chi connectivity index (χ4v) is 5.50. The molecule has 0 bridgehead atoms. The predicted octanol–water partition coefficient (Wildman–Crippen LogP) is 5.72. The SMILES string of the molecule is CC(C)(C)CS(=O)(=O)c1cccc(-c2cccc3nc(Nc4ccc(Br)cc4)nn23)c1. The zero-order chi connectivity index (χ0) is 22.2. The van der Waals surface area contributed by atoms with Crippen LogP contribution in [0.4, 0.5) is 11.6 Å². The van der Waals surface area contributed by atoms with Crippen molar-refractivity contribution in [3.63, 3.8) is 0 Å². The summed E-state index contributed by atoms with van der Waals surface area (Å²) in [6.45, 7) is 5.76. The summed E-state index contributed by atoms with van der Waals surface area (Å²) in [6.07, 6.45) is 0. The van der Waals surface area contributed by atoms with Gasteiger partial charge in [0.05, 0.1) is 16.3 Å². The molecule has 0 fully saturated rings. The van der Waals surface area contributed by atoms with Crippen LogP contribution < -0.4 is 5.32 Å². The van der Waals surface area contributed by atoms with E-state index < -0.39 is 9.84 Å². The zero-order valence-corrected chi connectivity index (χ0v) is 19.9. The van der Waals surface area contributed by atoms with Crippen LogP contribution in [0.1, 0.15) is 20.8 Å². The average Bonchev–Trinajstić information content (AvgIpc) is 3.10. The van der Waals surface area contributed by atoms with Crippen LogP contribution in [0.15, 0.2) is 76.1 Å². The second-order valence-electron chi connectivity index (χ2n) is 8.60. The summed E-state index contributed by atoms with van der Waals surface area (Å²) in [5.41, 5.74) is 2.74. The Hall–Kier alpha value is -2.71. The third kappa shape index (κ3) is 4.97. The number of nitrogens with zero attached hydrogens (tertiary/aromatic N) is 3. The van der Waals surface area contributed by atoms with E-state index in [1.807, 2.05) is 69.3 Å². The van der Waals surface area contributed by atoms with E-state index in [1.54, 1.807) is 22.7 Å². The minimum absolute atomic E-state index is 0.0816. The average molecular weight is 499 g/mol. The molecule has 0 unspecified atom stereocenters. The third-order valence-corrected chi connectivity index (χ3v) is 7.32. The summed E-state index contributed by atoms with van der Waals surface area (Å²) in [6, 6.07) is 20.4. The highest BCUT2D eigenvalue weighted by atomic mass is 79.9. The Morgan fingerprint density at radius 3 is 2.42 bits per heavy atom. The quantitative estimate of drug-likeness (QED) is 0.380. The van der Waals surface area contributed by atoms with Crippen molar-refractivity contribution in [3.05, 3.63) is 71.2 Å². The van der Waals surface area contributed by atoms with Crippen LogP contribution in [0, 0.1) is 5.41 Å². The molecule has 160 valence electrons. The molecular formula is C23H23BrN4O2S. The van der Waals surface area contributed by atoms with Crippen molar-refractivity contribution >= 4 is 43.1 Å². The molecule has 2 heterocycles. The summed E-state index contributed by atoms with van der Waals surface area (Å²) >= 11 is 3.42. The maximum absolute atomic E-state index is 12.9. The van der Waals surface area contributed by atoms with Crippen LogP contribution in [0.3, 0.4) is 0 Å². The highest BCUT2D eigenvalue weighted by Gasteiger charge is 2.24. The van der Waals surface area contributed by atoms with Gasteiger partial charge in [-0.2, -0.15) is 4.98 Å². The molecule has 4 aromatic rings. The van der Waals surface area contributed by atoms with Gasteiger partial charge in [-0.3, -0.25) is 0 Å². The molecule has 0 amide bonds. The monoisotopic (exact) mass is 498 g/mol. The number of halogens is 1. The zero-order valence-electron chi connectivity index (χ0n) is 17.5. The summed E-state index contributed by atoms with van der Waals surface area (Å²) in [4.78, 5) is 4.86. The van der Waals surface area contributed by atoms with Crippen LogP contribution in [0.25, 0.3) is 16.9 Å². The first-order valence-electron chi connectivity index (χ1n) is 9.82. The molecule has 0 radical (unpaired) electrons. The molecule has 0 aliphatic heterocycles. The van der Waals surface area contributed by atoms with E-state index >= 15 is 0 Å². The Morgan fingerprint density at radius 1 is 1.00 bits per heavy atom.